The van der Waals surface area contributed by atoms with Crippen LogP contribution in [0.25, 0.3) is 0 Å². The van der Waals surface area contributed by atoms with E-state index in [9.17, 15) is 8.78 Å². The van der Waals surface area contributed by atoms with Gasteiger partial charge in [-0.05, 0) is 32.0 Å². The predicted molar refractivity (Wildman–Crippen MR) is 68.2 cm³/mol. The maximum Gasteiger partial charge on any atom is 0.130 e. The molecule has 2 rings (SSSR count). The molecule has 1 aliphatic rings. The molecule has 1 saturated heterocycles. The van der Waals surface area contributed by atoms with Crippen molar-refractivity contribution in [3.05, 3.63) is 35.4 Å². The van der Waals surface area contributed by atoms with E-state index < -0.39 is 11.6 Å². The summed E-state index contributed by atoms with van der Waals surface area (Å²) < 4.78 is 26.4. The Hall–Kier alpha value is -1.00. The van der Waals surface area contributed by atoms with Crippen molar-refractivity contribution in [3.63, 3.8) is 0 Å². The number of likely N-dealkylation sites (tertiary alicyclic amines) is 1. The molecule has 0 aromatic heterocycles. The Kier molecular flexibility index (Phi) is 4.66. The summed E-state index contributed by atoms with van der Waals surface area (Å²) >= 11 is 0. The Bertz CT molecular complexity index is 387. The zero-order chi connectivity index (χ0) is 13.0. The lowest BCUT2D eigenvalue weighted by Gasteiger charge is -2.24. The molecule has 0 saturated carbocycles. The fourth-order valence-electron chi connectivity index (χ4n) is 2.50. The van der Waals surface area contributed by atoms with E-state index in [-0.39, 0.29) is 6.04 Å². The van der Waals surface area contributed by atoms with E-state index in [1.54, 1.807) is 0 Å². The highest BCUT2D eigenvalue weighted by atomic mass is 19.1. The molecule has 1 aliphatic heterocycles. The van der Waals surface area contributed by atoms with Crippen LogP contribution >= 0.6 is 0 Å². The quantitative estimate of drug-likeness (QED) is 0.898. The van der Waals surface area contributed by atoms with E-state index in [1.165, 1.54) is 37.8 Å². The number of halogens is 2. The monoisotopic (exact) mass is 254 g/mol. The third kappa shape index (κ3) is 3.50. The molecule has 1 unspecified atom stereocenters. The first-order valence-electron chi connectivity index (χ1n) is 6.59. The smallest absolute Gasteiger partial charge is 0.130 e. The second-order valence-electron chi connectivity index (χ2n) is 4.99. The molecule has 1 aromatic rings. The first-order valence-corrected chi connectivity index (χ1v) is 6.59. The first-order chi connectivity index (χ1) is 8.66. The van der Waals surface area contributed by atoms with Gasteiger partial charge in [0.25, 0.3) is 0 Å². The molecule has 1 heterocycles. The zero-order valence-corrected chi connectivity index (χ0v) is 10.5. The molecule has 1 atom stereocenters. The van der Waals surface area contributed by atoms with Crippen molar-refractivity contribution < 1.29 is 8.78 Å². The lowest BCUT2D eigenvalue weighted by molar-refractivity contribution is 0.266. The number of hydrogen-bond donors (Lipinski definition) is 1. The van der Waals surface area contributed by atoms with Crippen LogP contribution < -0.4 is 5.73 Å². The van der Waals surface area contributed by atoms with Gasteiger partial charge in [0.15, 0.2) is 0 Å². The van der Waals surface area contributed by atoms with E-state index in [2.05, 4.69) is 4.90 Å². The molecule has 0 spiro atoms. The van der Waals surface area contributed by atoms with Gasteiger partial charge in [0.2, 0.25) is 0 Å². The van der Waals surface area contributed by atoms with Crippen molar-refractivity contribution in [1.29, 1.82) is 0 Å². The van der Waals surface area contributed by atoms with E-state index in [1.807, 2.05) is 0 Å². The molecule has 0 radical (unpaired) electrons. The second-order valence-corrected chi connectivity index (χ2v) is 4.99. The Morgan fingerprint density at radius 3 is 2.39 bits per heavy atom. The van der Waals surface area contributed by atoms with Crippen LogP contribution in [0.1, 0.15) is 37.3 Å². The van der Waals surface area contributed by atoms with Gasteiger partial charge in [-0.15, -0.1) is 0 Å². The normalized spacial score (nSPS) is 19.5. The molecule has 2 N–H and O–H groups in total. The number of hydrogen-bond acceptors (Lipinski definition) is 2. The van der Waals surface area contributed by atoms with Crippen LogP contribution in [0.2, 0.25) is 0 Å². The van der Waals surface area contributed by atoms with Gasteiger partial charge in [-0.1, -0.05) is 18.9 Å². The summed E-state index contributed by atoms with van der Waals surface area (Å²) in [5, 5.41) is 0. The maximum absolute atomic E-state index is 13.6. The fourth-order valence-corrected chi connectivity index (χ4v) is 2.50. The van der Waals surface area contributed by atoms with E-state index in [0.29, 0.717) is 12.1 Å². The Balaban J connectivity index is 1.99. The van der Waals surface area contributed by atoms with Crippen LogP contribution in [0.5, 0.6) is 0 Å². The van der Waals surface area contributed by atoms with Crippen LogP contribution in [0.4, 0.5) is 8.78 Å². The lowest BCUT2D eigenvalue weighted by atomic mass is 10.1. The highest BCUT2D eigenvalue weighted by Gasteiger charge is 2.17. The third-order valence-corrected chi connectivity index (χ3v) is 3.52. The summed E-state index contributed by atoms with van der Waals surface area (Å²) in [5.74, 6) is -1.10. The minimum absolute atomic E-state index is 0.385. The summed E-state index contributed by atoms with van der Waals surface area (Å²) in [4.78, 5) is 2.28. The molecule has 4 heteroatoms. The Morgan fingerprint density at radius 1 is 1.11 bits per heavy atom. The molecule has 2 nitrogen and oxygen atoms in total. The molecular weight excluding hydrogens is 234 g/mol. The fraction of sp³-hybridized carbons (Fsp3) is 0.571. The molecule has 0 aliphatic carbocycles. The predicted octanol–water partition coefficient (Wildman–Crippen LogP) is 2.84. The average Bonchev–Trinajstić information content (AvgIpc) is 2.57. The Morgan fingerprint density at radius 2 is 1.78 bits per heavy atom. The van der Waals surface area contributed by atoms with Crippen LogP contribution in [0.15, 0.2) is 18.2 Å². The molecule has 100 valence electrons. The molecule has 1 fully saturated rings. The highest BCUT2D eigenvalue weighted by molar-refractivity contribution is 5.22. The van der Waals surface area contributed by atoms with Gasteiger partial charge in [-0.3, -0.25) is 0 Å². The molecule has 1 aromatic carbocycles. The van der Waals surface area contributed by atoms with E-state index in [4.69, 9.17) is 5.73 Å². The minimum atomic E-state index is -0.557. The topological polar surface area (TPSA) is 29.3 Å². The van der Waals surface area contributed by atoms with Crippen molar-refractivity contribution in [2.24, 2.45) is 5.73 Å². The number of nitrogens with zero attached hydrogens (tertiary/aromatic N) is 1. The number of nitrogens with two attached hydrogens (primary N) is 1. The second kappa shape index (κ2) is 6.25. The van der Waals surface area contributed by atoms with Crippen molar-refractivity contribution in [3.8, 4) is 0 Å². The van der Waals surface area contributed by atoms with Crippen LogP contribution in [0, 0.1) is 11.6 Å². The standard InChI is InChI=1S/C14H20F2N2/c15-11-5-6-12(13(16)9-11)14(17)10-18-7-3-1-2-4-8-18/h5-6,9,14H,1-4,7-8,10,17H2. The molecule has 0 amide bonds. The Labute approximate surface area is 107 Å². The van der Waals surface area contributed by atoms with Gasteiger partial charge in [0.05, 0.1) is 0 Å². The summed E-state index contributed by atoms with van der Waals surface area (Å²) in [6.07, 6.45) is 4.88. The van der Waals surface area contributed by atoms with Crippen LogP contribution in [-0.4, -0.2) is 24.5 Å². The molecular formula is C14H20F2N2. The van der Waals surface area contributed by atoms with Gasteiger partial charge in [0.1, 0.15) is 11.6 Å². The van der Waals surface area contributed by atoms with Gasteiger partial charge in [0, 0.05) is 24.2 Å². The van der Waals surface area contributed by atoms with Crippen molar-refractivity contribution in [2.75, 3.05) is 19.6 Å². The van der Waals surface area contributed by atoms with E-state index >= 15 is 0 Å². The zero-order valence-electron chi connectivity index (χ0n) is 10.5. The van der Waals surface area contributed by atoms with Crippen molar-refractivity contribution in [2.45, 2.75) is 31.7 Å². The van der Waals surface area contributed by atoms with Gasteiger partial charge in [-0.25, -0.2) is 8.78 Å². The van der Waals surface area contributed by atoms with Crippen molar-refractivity contribution >= 4 is 0 Å². The number of rotatable bonds is 3. The van der Waals surface area contributed by atoms with Crippen molar-refractivity contribution in [1.82, 2.24) is 4.90 Å². The summed E-state index contributed by atoms with van der Waals surface area (Å²) in [5.41, 5.74) is 6.43. The molecule has 18 heavy (non-hydrogen) atoms. The highest BCUT2D eigenvalue weighted by Crippen LogP contribution is 2.19. The van der Waals surface area contributed by atoms with Gasteiger partial charge >= 0.3 is 0 Å². The largest absolute Gasteiger partial charge is 0.323 e. The minimum Gasteiger partial charge on any atom is -0.323 e. The summed E-state index contributed by atoms with van der Waals surface area (Å²) in [6, 6.07) is 3.23. The SMILES string of the molecule is NC(CN1CCCCCC1)c1ccc(F)cc1F. The first kappa shape index (κ1) is 13.4. The lowest BCUT2D eigenvalue weighted by Crippen LogP contribution is -2.33. The van der Waals surface area contributed by atoms with Gasteiger partial charge < -0.3 is 10.6 Å². The summed E-state index contributed by atoms with van der Waals surface area (Å²) in [6.45, 7) is 2.69. The van der Waals surface area contributed by atoms with Crippen LogP contribution in [-0.2, 0) is 0 Å². The van der Waals surface area contributed by atoms with E-state index in [0.717, 1.165) is 19.2 Å². The third-order valence-electron chi connectivity index (χ3n) is 3.52. The molecule has 0 bridgehead atoms. The summed E-state index contributed by atoms with van der Waals surface area (Å²) in [7, 11) is 0. The average molecular weight is 254 g/mol. The van der Waals surface area contributed by atoms with Crippen LogP contribution in [0.3, 0.4) is 0 Å². The maximum atomic E-state index is 13.6. The number of benzene rings is 1. The van der Waals surface area contributed by atoms with Gasteiger partial charge in [-0.2, -0.15) is 0 Å².